The quantitative estimate of drug-likeness (QED) is 0.741. The topological polar surface area (TPSA) is 25.2 Å². The van der Waals surface area contributed by atoms with Crippen molar-refractivity contribution in [2.45, 2.75) is 13.3 Å². The van der Waals surface area contributed by atoms with E-state index < -0.39 is 0 Å². The Bertz CT molecular complexity index is 460. The van der Waals surface area contributed by atoms with Crippen LogP contribution in [0.25, 0.3) is 0 Å². The van der Waals surface area contributed by atoms with E-state index >= 15 is 0 Å². The lowest BCUT2D eigenvalue weighted by Gasteiger charge is -1.94. The first-order valence-corrected chi connectivity index (χ1v) is 6.12. The summed E-state index contributed by atoms with van der Waals surface area (Å²) in [4.78, 5) is 11.2. The highest BCUT2D eigenvalue weighted by molar-refractivity contribution is 7.13. The van der Waals surface area contributed by atoms with Crippen LogP contribution in [0.5, 0.6) is 0 Å². The molecule has 0 aliphatic carbocycles. The summed E-state index contributed by atoms with van der Waals surface area (Å²) in [5.41, 5.74) is 1.10. The molecule has 2 nitrogen and oxygen atoms in total. The predicted octanol–water partition coefficient (Wildman–Crippen LogP) is 3.11. The number of thiophene rings is 1. The Morgan fingerprint density at radius 3 is 2.94 bits per heavy atom. The molecule has 0 fully saturated rings. The summed E-state index contributed by atoms with van der Waals surface area (Å²) >= 11 is 1.77. The maximum absolute atomic E-state index is 4.40. The van der Waals surface area contributed by atoms with Gasteiger partial charge >= 0.3 is 0 Å². The molecule has 0 N–H and O–H groups in total. The Morgan fingerprint density at radius 2 is 2.25 bits per heavy atom. The second kappa shape index (κ2) is 5.56. The van der Waals surface area contributed by atoms with Crippen LogP contribution in [0.3, 0.4) is 0 Å². The van der Waals surface area contributed by atoms with Crippen LogP contribution >= 0.6 is 11.3 Å². The van der Waals surface area contributed by atoms with Gasteiger partial charge in [0, 0.05) is 40.8 Å². The third kappa shape index (κ3) is 3.28. The van der Waals surface area contributed by atoms with Gasteiger partial charge in [0.05, 0.1) is 0 Å². The van der Waals surface area contributed by atoms with E-state index in [9.17, 15) is 0 Å². The van der Waals surface area contributed by atoms with Gasteiger partial charge in [0.15, 0.2) is 0 Å². The van der Waals surface area contributed by atoms with Gasteiger partial charge in [0.25, 0.3) is 0 Å². The van der Waals surface area contributed by atoms with Gasteiger partial charge in [-0.15, -0.1) is 11.3 Å². The molecule has 0 amide bonds. The van der Waals surface area contributed by atoms with Crippen molar-refractivity contribution in [3.8, 4) is 0 Å². The summed E-state index contributed by atoms with van der Waals surface area (Å²) < 4.78 is 0. The molecule has 16 heavy (non-hydrogen) atoms. The first-order valence-electron chi connectivity index (χ1n) is 5.31. The van der Waals surface area contributed by atoms with Gasteiger partial charge in [-0.3, -0.25) is 9.98 Å². The minimum absolute atomic E-state index is 0.800. The molecule has 2 heterocycles. The molecule has 82 valence electrons. The largest absolute Gasteiger partial charge is 0.291 e. The van der Waals surface area contributed by atoms with Gasteiger partial charge in [-0.1, -0.05) is 6.07 Å². The van der Waals surface area contributed by atoms with E-state index in [0.717, 1.165) is 18.7 Å². The van der Waals surface area contributed by atoms with Crippen molar-refractivity contribution in [1.29, 1.82) is 0 Å². The minimum atomic E-state index is 0.800. The van der Waals surface area contributed by atoms with Crippen LogP contribution in [0, 0.1) is 6.92 Å². The molecule has 3 heteroatoms. The third-order valence-corrected chi connectivity index (χ3v) is 3.14. The standard InChI is InChI=1S/C13H14N2S/c1-11-5-6-13(16-11)10-14-9-7-12-4-2-3-8-15-12/h2-6,8,10H,7,9H2,1H3. The summed E-state index contributed by atoms with van der Waals surface area (Å²) in [7, 11) is 0. The number of aryl methyl sites for hydroxylation is 1. The number of nitrogens with zero attached hydrogens (tertiary/aromatic N) is 2. The molecule has 2 aromatic rings. The van der Waals surface area contributed by atoms with Crippen LogP contribution in [-0.2, 0) is 6.42 Å². The van der Waals surface area contributed by atoms with Crippen molar-refractivity contribution in [2.24, 2.45) is 4.99 Å². The molecule has 0 atom stereocenters. The Kier molecular flexibility index (Phi) is 3.83. The molecule has 0 spiro atoms. The summed E-state index contributed by atoms with van der Waals surface area (Å²) in [6.07, 6.45) is 4.67. The number of aromatic nitrogens is 1. The average molecular weight is 230 g/mol. The summed E-state index contributed by atoms with van der Waals surface area (Å²) in [5.74, 6) is 0. The molecule has 0 radical (unpaired) electrons. The van der Waals surface area contributed by atoms with Gasteiger partial charge < -0.3 is 0 Å². The first kappa shape index (κ1) is 11.0. The number of aliphatic imine (C=N–C) groups is 1. The molecule has 0 saturated carbocycles. The van der Waals surface area contributed by atoms with Crippen LogP contribution in [0.15, 0.2) is 41.5 Å². The van der Waals surface area contributed by atoms with E-state index in [2.05, 4.69) is 29.0 Å². The fourth-order valence-electron chi connectivity index (χ4n) is 1.40. The molecule has 2 rings (SSSR count). The maximum Gasteiger partial charge on any atom is 0.0451 e. The molecular formula is C13H14N2S. The van der Waals surface area contributed by atoms with Gasteiger partial charge in [0.2, 0.25) is 0 Å². The van der Waals surface area contributed by atoms with Crippen LogP contribution in [0.2, 0.25) is 0 Å². The highest BCUT2D eigenvalue weighted by Crippen LogP contribution is 2.12. The van der Waals surface area contributed by atoms with Crippen molar-refractivity contribution in [2.75, 3.05) is 6.54 Å². The van der Waals surface area contributed by atoms with E-state index in [4.69, 9.17) is 0 Å². The van der Waals surface area contributed by atoms with Crippen LogP contribution in [0.4, 0.5) is 0 Å². The van der Waals surface area contributed by atoms with Gasteiger partial charge in [-0.25, -0.2) is 0 Å². The molecule has 0 unspecified atom stereocenters. The van der Waals surface area contributed by atoms with Crippen molar-refractivity contribution in [3.63, 3.8) is 0 Å². The fraction of sp³-hybridized carbons (Fsp3) is 0.231. The van der Waals surface area contributed by atoms with E-state index in [1.54, 1.807) is 11.3 Å². The number of pyridine rings is 1. The van der Waals surface area contributed by atoms with E-state index in [1.165, 1.54) is 9.75 Å². The Labute approximate surface area is 99.7 Å². The first-order chi connectivity index (χ1) is 7.84. The van der Waals surface area contributed by atoms with E-state index in [0.29, 0.717) is 0 Å². The lowest BCUT2D eigenvalue weighted by molar-refractivity contribution is 0.927. The number of hydrogen-bond donors (Lipinski definition) is 0. The highest BCUT2D eigenvalue weighted by atomic mass is 32.1. The lowest BCUT2D eigenvalue weighted by Crippen LogP contribution is -1.92. The van der Waals surface area contributed by atoms with Crippen LogP contribution in [-0.4, -0.2) is 17.7 Å². The van der Waals surface area contributed by atoms with Crippen molar-refractivity contribution in [1.82, 2.24) is 4.98 Å². The van der Waals surface area contributed by atoms with Gasteiger partial charge in [0.1, 0.15) is 0 Å². The number of rotatable bonds is 4. The van der Waals surface area contributed by atoms with Crippen LogP contribution < -0.4 is 0 Å². The van der Waals surface area contributed by atoms with E-state index in [1.807, 2.05) is 30.6 Å². The monoisotopic (exact) mass is 230 g/mol. The highest BCUT2D eigenvalue weighted by Gasteiger charge is 1.93. The zero-order chi connectivity index (χ0) is 11.2. The normalized spacial score (nSPS) is 11.1. The SMILES string of the molecule is Cc1ccc(C=NCCc2ccccn2)s1. The molecular weight excluding hydrogens is 216 g/mol. The maximum atomic E-state index is 4.40. The Morgan fingerprint density at radius 1 is 1.31 bits per heavy atom. The van der Waals surface area contributed by atoms with E-state index in [-0.39, 0.29) is 0 Å². The second-order valence-electron chi connectivity index (χ2n) is 3.55. The summed E-state index contributed by atoms with van der Waals surface area (Å²) in [6.45, 7) is 2.91. The summed E-state index contributed by atoms with van der Waals surface area (Å²) in [5, 5.41) is 0. The molecule has 0 aliphatic heterocycles. The third-order valence-electron chi connectivity index (χ3n) is 2.20. The van der Waals surface area contributed by atoms with Crippen LogP contribution in [0.1, 0.15) is 15.4 Å². The average Bonchev–Trinajstić information content (AvgIpc) is 2.72. The Balaban J connectivity index is 1.82. The fourth-order valence-corrected chi connectivity index (χ4v) is 2.17. The van der Waals surface area contributed by atoms with Gasteiger partial charge in [-0.2, -0.15) is 0 Å². The zero-order valence-electron chi connectivity index (χ0n) is 9.26. The number of hydrogen-bond acceptors (Lipinski definition) is 3. The van der Waals surface area contributed by atoms with Crippen molar-refractivity contribution in [3.05, 3.63) is 52.0 Å². The van der Waals surface area contributed by atoms with Crippen molar-refractivity contribution < 1.29 is 0 Å². The Hall–Kier alpha value is -1.48. The zero-order valence-corrected chi connectivity index (χ0v) is 10.1. The van der Waals surface area contributed by atoms with Crippen molar-refractivity contribution >= 4 is 17.6 Å². The lowest BCUT2D eigenvalue weighted by atomic mass is 10.3. The summed E-state index contributed by atoms with van der Waals surface area (Å²) in [6, 6.07) is 10.2. The molecule has 0 aromatic carbocycles. The molecule has 0 saturated heterocycles. The second-order valence-corrected chi connectivity index (χ2v) is 4.87. The smallest absolute Gasteiger partial charge is 0.0451 e. The molecule has 0 bridgehead atoms. The minimum Gasteiger partial charge on any atom is -0.291 e. The molecule has 0 aliphatic rings. The van der Waals surface area contributed by atoms with Gasteiger partial charge in [-0.05, 0) is 31.2 Å². The predicted molar refractivity (Wildman–Crippen MR) is 69.5 cm³/mol. The molecule has 2 aromatic heterocycles.